The first-order valence-corrected chi connectivity index (χ1v) is 8.29. The Labute approximate surface area is 138 Å². The molecule has 4 rings (SSSR count). The Morgan fingerprint density at radius 2 is 2.25 bits per heavy atom. The van der Waals surface area contributed by atoms with Gasteiger partial charge in [-0.3, -0.25) is 4.90 Å². The summed E-state index contributed by atoms with van der Waals surface area (Å²) in [5.74, 6) is 0.912. The summed E-state index contributed by atoms with van der Waals surface area (Å²) >= 11 is 0. The highest BCUT2D eigenvalue weighted by Crippen LogP contribution is 2.31. The number of fused-ring (bicyclic) bond motifs is 2. The highest BCUT2D eigenvalue weighted by atomic mass is 19.1. The number of piperidine rings is 1. The van der Waals surface area contributed by atoms with Gasteiger partial charge in [0.2, 0.25) is 0 Å². The predicted molar refractivity (Wildman–Crippen MR) is 88.3 cm³/mol. The molecule has 2 saturated heterocycles. The molecule has 7 nitrogen and oxygen atoms in total. The average molecular weight is 330 g/mol. The van der Waals surface area contributed by atoms with Gasteiger partial charge >= 0.3 is 0 Å². The molecule has 1 aromatic carbocycles. The number of rotatable bonds is 3. The van der Waals surface area contributed by atoms with E-state index in [1.807, 2.05) is 0 Å². The Hall–Kier alpha value is -2.31. The smallest absolute Gasteiger partial charge is 0.180 e. The number of hydrogen-bond donors (Lipinski definition) is 0. The van der Waals surface area contributed by atoms with Gasteiger partial charge < -0.3 is 9.42 Å². The molecule has 2 atom stereocenters. The summed E-state index contributed by atoms with van der Waals surface area (Å²) in [4.78, 5) is 7.53. The molecule has 0 aliphatic carbocycles. The number of azide groups is 1. The van der Waals surface area contributed by atoms with Gasteiger partial charge in [-0.15, -0.1) is 0 Å². The summed E-state index contributed by atoms with van der Waals surface area (Å²) < 4.78 is 18.9. The van der Waals surface area contributed by atoms with Gasteiger partial charge in [0.05, 0.1) is 5.39 Å². The van der Waals surface area contributed by atoms with Crippen LogP contribution in [0.4, 0.5) is 10.2 Å². The molecular formula is C16H19FN6O. The van der Waals surface area contributed by atoms with Crippen LogP contribution < -0.4 is 4.90 Å². The molecule has 0 spiro atoms. The quantitative estimate of drug-likeness (QED) is 0.492. The fraction of sp³-hybridized carbons (Fsp3) is 0.562. The van der Waals surface area contributed by atoms with Crippen LogP contribution in [0.15, 0.2) is 27.8 Å². The first-order chi connectivity index (χ1) is 11.7. The third-order valence-electron chi connectivity index (χ3n) is 5.12. The molecule has 0 N–H and O–H groups in total. The number of benzene rings is 1. The van der Waals surface area contributed by atoms with Gasteiger partial charge in [-0.25, -0.2) is 4.39 Å². The highest BCUT2D eigenvalue weighted by Gasteiger charge is 2.33. The van der Waals surface area contributed by atoms with Crippen LogP contribution in [0.3, 0.4) is 0 Å². The second-order valence-corrected chi connectivity index (χ2v) is 6.60. The van der Waals surface area contributed by atoms with E-state index in [2.05, 4.69) is 25.0 Å². The number of halogens is 1. The van der Waals surface area contributed by atoms with Gasteiger partial charge in [-0.1, -0.05) is 10.3 Å². The van der Waals surface area contributed by atoms with Crippen LogP contribution in [0.2, 0.25) is 0 Å². The number of anilines is 1. The molecule has 1 aromatic heterocycles. The van der Waals surface area contributed by atoms with E-state index in [0.717, 1.165) is 50.2 Å². The summed E-state index contributed by atoms with van der Waals surface area (Å²) in [6.07, 6.45) is 2.15. The van der Waals surface area contributed by atoms with E-state index in [1.165, 1.54) is 12.1 Å². The Kier molecular flexibility index (Phi) is 4.00. The van der Waals surface area contributed by atoms with Gasteiger partial charge in [-0.2, -0.15) is 0 Å². The van der Waals surface area contributed by atoms with Gasteiger partial charge in [0.25, 0.3) is 0 Å². The van der Waals surface area contributed by atoms with E-state index < -0.39 is 0 Å². The van der Waals surface area contributed by atoms with Crippen LogP contribution >= 0.6 is 0 Å². The van der Waals surface area contributed by atoms with Crippen molar-refractivity contribution in [2.24, 2.45) is 11.0 Å². The molecule has 3 heterocycles. The van der Waals surface area contributed by atoms with Crippen LogP contribution in [0.25, 0.3) is 21.4 Å². The Morgan fingerprint density at radius 3 is 3.12 bits per heavy atom. The van der Waals surface area contributed by atoms with Crippen molar-refractivity contribution in [2.45, 2.75) is 18.9 Å². The van der Waals surface area contributed by atoms with Crippen molar-refractivity contribution >= 4 is 16.8 Å². The number of aromatic nitrogens is 1. The van der Waals surface area contributed by atoms with Crippen molar-refractivity contribution in [3.63, 3.8) is 0 Å². The molecule has 0 radical (unpaired) electrons. The molecule has 0 unspecified atom stereocenters. The van der Waals surface area contributed by atoms with Crippen LogP contribution in [-0.2, 0) is 0 Å². The molecule has 2 aliphatic rings. The van der Waals surface area contributed by atoms with Crippen LogP contribution in [0, 0.1) is 11.7 Å². The van der Waals surface area contributed by atoms with Gasteiger partial charge in [0.1, 0.15) is 5.82 Å². The minimum absolute atomic E-state index is 0.274. The van der Waals surface area contributed by atoms with Crippen molar-refractivity contribution in [1.29, 1.82) is 0 Å². The van der Waals surface area contributed by atoms with Crippen LogP contribution in [-0.4, -0.2) is 48.8 Å². The second-order valence-electron chi connectivity index (χ2n) is 6.60. The molecule has 24 heavy (non-hydrogen) atoms. The number of nitrogens with zero attached hydrogens (tertiary/aromatic N) is 6. The largest absolute Gasteiger partial charge is 0.354 e. The monoisotopic (exact) mass is 330 g/mol. The fourth-order valence-corrected chi connectivity index (χ4v) is 3.88. The molecule has 2 aliphatic heterocycles. The predicted octanol–water partition coefficient (Wildman–Crippen LogP) is 3.18. The molecule has 0 saturated carbocycles. The van der Waals surface area contributed by atoms with E-state index in [-0.39, 0.29) is 5.82 Å². The van der Waals surface area contributed by atoms with Crippen molar-refractivity contribution in [1.82, 2.24) is 10.1 Å². The third-order valence-corrected chi connectivity index (χ3v) is 5.12. The molecular weight excluding hydrogens is 311 g/mol. The maximum Gasteiger partial charge on any atom is 0.180 e. The van der Waals surface area contributed by atoms with Crippen molar-refractivity contribution in [2.75, 3.05) is 37.6 Å². The van der Waals surface area contributed by atoms with E-state index >= 15 is 0 Å². The lowest BCUT2D eigenvalue weighted by atomic mass is 9.91. The molecule has 2 aromatic rings. The van der Waals surface area contributed by atoms with Crippen molar-refractivity contribution in [3.8, 4) is 0 Å². The third kappa shape index (κ3) is 2.79. The summed E-state index contributed by atoms with van der Waals surface area (Å²) in [6, 6.07) is 4.96. The second kappa shape index (κ2) is 6.30. The molecule has 126 valence electrons. The number of hydrogen-bond acceptors (Lipinski definition) is 5. The van der Waals surface area contributed by atoms with Gasteiger partial charge in [0, 0.05) is 43.7 Å². The normalized spacial score (nSPS) is 24.6. The summed E-state index contributed by atoms with van der Waals surface area (Å²) in [5, 5.41) is 8.62. The van der Waals surface area contributed by atoms with E-state index in [0.29, 0.717) is 24.1 Å². The zero-order valence-corrected chi connectivity index (χ0v) is 13.3. The lowest BCUT2D eigenvalue weighted by molar-refractivity contribution is 0.0981. The van der Waals surface area contributed by atoms with Gasteiger partial charge in [-0.05, 0) is 42.5 Å². The number of piperazine rings is 1. The maximum atomic E-state index is 13.5. The summed E-state index contributed by atoms with van der Waals surface area (Å²) in [5.41, 5.74) is 9.09. The molecule has 8 heteroatoms. The zero-order chi connectivity index (χ0) is 16.5. The molecule has 2 fully saturated rings. The summed E-state index contributed by atoms with van der Waals surface area (Å²) in [7, 11) is 0. The Bertz CT molecular complexity index is 786. The molecule has 0 amide bonds. The SMILES string of the molecule is [N-]=[N+]=NC[C@@H]1CC[C@H]2CN(c3noc4ccc(F)cc34)CCN2C1. The zero-order valence-electron chi connectivity index (χ0n) is 13.3. The van der Waals surface area contributed by atoms with E-state index in [4.69, 9.17) is 10.1 Å². The van der Waals surface area contributed by atoms with Gasteiger partial charge in [0.15, 0.2) is 11.4 Å². The minimum atomic E-state index is -0.274. The topological polar surface area (TPSA) is 81.3 Å². The highest BCUT2D eigenvalue weighted by molar-refractivity contribution is 5.88. The first-order valence-electron chi connectivity index (χ1n) is 8.29. The first kappa shape index (κ1) is 15.2. The summed E-state index contributed by atoms with van der Waals surface area (Å²) in [6.45, 7) is 4.19. The Morgan fingerprint density at radius 1 is 1.33 bits per heavy atom. The van der Waals surface area contributed by atoms with E-state index in [1.54, 1.807) is 6.07 Å². The standard InChI is InChI=1S/C16H19FN6O/c17-12-2-4-15-14(7-12)16(20-24-15)23-6-5-22-9-11(8-19-21-18)1-3-13(22)10-23/h2,4,7,11,13H,1,3,5-6,8-10H2/t11-,13-/m0/s1. The van der Waals surface area contributed by atoms with Crippen molar-refractivity contribution < 1.29 is 8.91 Å². The van der Waals surface area contributed by atoms with Crippen molar-refractivity contribution in [3.05, 3.63) is 34.5 Å². The minimum Gasteiger partial charge on any atom is -0.354 e. The lowest BCUT2D eigenvalue weighted by Crippen LogP contribution is -2.56. The van der Waals surface area contributed by atoms with Crippen LogP contribution in [0.5, 0.6) is 0 Å². The molecule has 0 bridgehead atoms. The lowest BCUT2D eigenvalue weighted by Gasteiger charge is -2.46. The van der Waals surface area contributed by atoms with E-state index in [9.17, 15) is 4.39 Å². The maximum absolute atomic E-state index is 13.5. The average Bonchev–Trinajstić information content (AvgIpc) is 3.02. The fourth-order valence-electron chi connectivity index (χ4n) is 3.88. The van der Waals surface area contributed by atoms with Crippen LogP contribution in [0.1, 0.15) is 12.8 Å². The Balaban J connectivity index is 1.48.